The van der Waals surface area contributed by atoms with E-state index in [1.54, 1.807) is 23.5 Å². The zero-order chi connectivity index (χ0) is 19.4. The standard InChI is InChI=1S/C16H29N3O4S3/c1-2-10-25-11-3-5-17-14(21)18(6-4-12-26-13-9-24)16(23)19(7-8-20)15(17)22/h20,24H,2-13H2,1H3. The van der Waals surface area contributed by atoms with E-state index < -0.39 is 17.1 Å². The van der Waals surface area contributed by atoms with E-state index in [1.807, 2.05) is 0 Å². The number of aromatic nitrogens is 3. The summed E-state index contributed by atoms with van der Waals surface area (Å²) >= 11 is 7.65. The van der Waals surface area contributed by atoms with Crippen molar-refractivity contribution in [1.82, 2.24) is 13.7 Å². The first-order valence-electron chi connectivity index (χ1n) is 8.90. The Morgan fingerprint density at radius 1 is 0.808 bits per heavy atom. The number of rotatable bonds is 14. The lowest BCUT2D eigenvalue weighted by molar-refractivity contribution is 0.264. The molecule has 0 atom stereocenters. The van der Waals surface area contributed by atoms with Gasteiger partial charge in [-0.3, -0.25) is 0 Å². The maximum Gasteiger partial charge on any atom is 0.336 e. The number of aliphatic hydroxyl groups excluding tert-OH is 1. The Balaban J connectivity index is 2.98. The molecule has 0 bridgehead atoms. The highest BCUT2D eigenvalue weighted by molar-refractivity contribution is 8.00. The van der Waals surface area contributed by atoms with Crippen LogP contribution >= 0.6 is 36.2 Å². The summed E-state index contributed by atoms with van der Waals surface area (Å²) in [6.07, 6.45) is 2.44. The molecule has 0 saturated carbocycles. The van der Waals surface area contributed by atoms with Crippen LogP contribution in [-0.4, -0.2) is 54.2 Å². The Labute approximate surface area is 167 Å². The number of hydrogen-bond acceptors (Lipinski definition) is 7. The number of hydrogen-bond donors (Lipinski definition) is 2. The van der Waals surface area contributed by atoms with Crippen molar-refractivity contribution in [2.75, 3.05) is 35.4 Å². The fourth-order valence-corrected chi connectivity index (χ4v) is 4.30. The zero-order valence-electron chi connectivity index (χ0n) is 15.3. The van der Waals surface area contributed by atoms with Gasteiger partial charge in [-0.25, -0.2) is 28.1 Å². The maximum atomic E-state index is 12.6. The van der Waals surface area contributed by atoms with Crippen LogP contribution in [0.3, 0.4) is 0 Å². The number of aliphatic hydroxyl groups is 1. The Bertz CT molecular complexity index is 647. The largest absolute Gasteiger partial charge is 0.395 e. The van der Waals surface area contributed by atoms with Crippen LogP contribution in [-0.2, 0) is 19.6 Å². The van der Waals surface area contributed by atoms with E-state index in [0.717, 1.165) is 48.9 Å². The van der Waals surface area contributed by atoms with Crippen molar-refractivity contribution in [2.45, 2.75) is 45.8 Å². The molecule has 0 spiro atoms. The first kappa shape index (κ1) is 23.5. The van der Waals surface area contributed by atoms with Gasteiger partial charge in [0.05, 0.1) is 13.2 Å². The van der Waals surface area contributed by atoms with Crippen LogP contribution in [0.25, 0.3) is 0 Å². The molecule has 0 aliphatic rings. The predicted molar refractivity (Wildman–Crippen MR) is 114 cm³/mol. The van der Waals surface area contributed by atoms with Crippen molar-refractivity contribution in [3.63, 3.8) is 0 Å². The minimum atomic E-state index is -0.634. The van der Waals surface area contributed by atoms with Crippen LogP contribution in [0.5, 0.6) is 0 Å². The van der Waals surface area contributed by atoms with E-state index in [0.29, 0.717) is 12.8 Å². The van der Waals surface area contributed by atoms with E-state index in [1.165, 1.54) is 0 Å². The highest BCUT2D eigenvalue weighted by Gasteiger charge is 2.14. The van der Waals surface area contributed by atoms with Crippen molar-refractivity contribution in [3.8, 4) is 0 Å². The normalized spacial score (nSPS) is 11.2. The fourth-order valence-electron chi connectivity index (χ4n) is 2.42. The van der Waals surface area contributed by atoms with Gasteiger partial charge in [0.1, 0.15) is 0 Å². The minimum Gasteiger partial charge on any atom is -0.395 e. The summed E-state index contributed by atoms with van der Waals surface area (Å²) in [6.45, 7) is 2.24. The second-order valence-electron chi connectivity index (χ2n) is 5.68. The molecule has 10 heteroatoms. The summed E-state index contributed by atoms with van der Waals surface area (Å²) < 4.78 is 3.21. The average Bonchev–Trinajstić information content (AvgIpc) is 2.63. The third-order valence-corrected chi connectivity index (χ3v) is 6.50. The Kier molecular flexibility index (Phi) is 12.2. The summed E-state index contributed by atoms with van der Waals surface area (Å²) in [5.74, 6) is 4.43. The molecule has 0 unspecified atom stereocenters. The Morgan fingerprint density at radius 3 is 1.69 bits per heavy atom. The number of nitrogens with zero attached hydrogens (tertiary/aromatic N) is 3. The molecule has 7 nitrogen and oxygen atoms in total. The molecule has 0 aromatic carbocycles. The lowest BCUT2D eigenvalue weighted by Crippen LogP contribution is -2.55. The highest BCUT2D eigenvalue weighted by atomic mass is 32.2. The molecule has 26 heavy (non-hydrogen) atoms. The molecule has 1 rings (SSSR count). The van der Waals surface area contributed by atoms with Crippen LogP contribution in [0.4, 0.5) is 0 Å². The molecular formula is C16H29N3O4S3. The molecule has 0 saturated heterocycles. The molecule has 1 aromatic heterocycles. The molecule has 0 radical (unpaired) electrons. The molecule has 0 aliphatic heterocycles. The number of thiol groups is 1. The monoisotopic (exact) mass is 423 g/mol. The SMILES string of the molecule is CCCSCCCn1c(=O)n(CCO)c(=O)n(CCCSCCS)c1=O. The fraction of sp³-hybridized carbons (Fsp3) is 0.812. The Hall–Kier alpha value is -0.580. The first-order valence-corrected chi connectivity index (χ1v) is 11.8. The quantitative estimate of drug-likeness (QED) is 0.339. The van der Waals surface area contributed by atoms with Gasteiger partial charge < -0.3 is 5.11 Å². The molecule has 0 aliphatic carbocycles. The molecule has 1 aromatic rings. The van der Waals surface area contributed by atoms with Crippen molar-refractivity contribution >= 4 is 36.2 Å². The van der Waals surface area contributed by atoms with E-state index in [4.69, 9.17) is 5.11 Å². The summed E-state index contributed by atoms with van der Waals surface area (Å²) in [5, 5.41) is 9.16. The van der Waals surface area contributed by atoms with Crippen LogP contribution in [0.1, 0.15) is 26.2 Å². The van der Waals surface area contributed by atoms with Crippen LogP contribution in [0.15, 0.2) is 14.4 Å². The molecule has 0 fully saturated rings. The molecule has 150 valence electrons. The summed E-state index contributed by atoms with van der Waals surface area (Å²) in [4.78, 5) is 37.6. The van der Waals surface area contributed by atoms with Crippen molar-refractivity contribution in [3.05, 3.63) is 31.5 Å². The van der Waals surface area contributed by atoms with Gasteiger partial charge in [-0.2, -0.15) is 36.2 Å². The molecule has 1 heterocycles. The second kappa shape index (κ2) is 13.6. The van der Waals surface area contributed by atoms with Gasteiger partial charge in [-0.15, -0.1) is 0 Å². The summed E-state index contributed by atoms with van der Waals surface area (Å²) in [5.41, 5.74) is -1.81. The zero-order valence-corrected chi connectivity index (χ0v) is 17.8. The maximum absolute atomic E-state index is 12.6. The third kappa shape index (κ3) is 7.21. The van der Waals surface area contributed by atoms with Gasteiger partial charge in [0, 0.05) is 18.8 Å². The topological polar surface area (TPSA) is 86.2 Å². The first-order chi connectivity index (χ1) is 12.6. The van der Waals surface area contributed by atoms with Crippen LogP contribution < -0.4 is 17.1 Å². The van der Waals surface area contributed by atoms with Crippen molar-refractivity contribution in [1.29, 1.82) is 0 Å². The second-order valence-corrected chi connectivity index (χ2v) is 8.58. The van der Waals surface area contributed by atoms with Gasteiger partial charge in [0.2, 0.25) is 0 Å². The highest BCUT2D eigenvalue weighted by Crippen LogP contribution is 2.04. The van der Waals surface area contributed by atoms with Crippen LogP contribution in [0, 0.1) is 0 Å². The van der Waals surface area contributed by atoms with Gasteiger partial charge in [-0.05, 0) is 42.3 Å². The number of thioether (sulfide) groups is 2. The van der Waals surface area contributed by atoms with Gasteiger partial charge in [0.25, 0.3) is 0 Å². The van der Waals surface area contributed by atoms with E-state index in [-0.39, 0.29) is 26.2 Å². The minimum absolute atomic E-state index is 0.100. The lowest BCUT2D eigenvalue weighted by Gasteiger charge is -2.13. The molecule has 0 amide bonds. The van der Waals surface area contributed by atoms with E-state index >= 15 is 0 Å². The van der Waals surface area contributed by atoms with Crippen LogP contribution in [0.2, 0.25) is 0 Å². The predicted octanol–water partition coefficient (Wildman–Crippen LogP) is 0.750. The smallest absolute Gasteiger partial charge is 0.336 e. The average molecular weight is 424 g/mol. The summed E-state index contributed by atoms with van der Waals surface area (Å²) in [7, 11) is 0. The van der Waals surface area contributed by atoms with Crippen molar-refractivity contribution in [2.24, 2.45) is 0 Å². The summed E-state index contributed by atoms with van der Waals surface area (Å²) in [6, 6.07) is 0. The van der Waals surface area contributed by atoms with Gasteiger partial charge in [-0.1, -0.05) is 6.92 Å². The molecule has 1 N–H and O–H groups in total. The molecular weight excluding hydrogens is 394 g/mol. The van der Waals surface area contributed by atoms with Crippen molar-refractivity contribution < 1.29 is 5.11 Å². The third-order valence-electron chi connectivity index (χ3n) is 3.63. The van der Waals surface area contributed by atoms with Gasteiger partial charge in [0.15, 0.2) is 0 Å². The van der Waals surface area contributed by atoms with E-state index in [2.05, 4.69) is 19.6 Å². The Morgan fingerprint density at radius 2 is 1.27 bits per heavy atom. The van der Waals surface area contributed by atoms with E-state index in [9.17, 15) is 14.4 Å². The van der Waals surface area contributed by atoms with Gasteiger partial charge >= 0.3 is 17.1 Å². The lowest BCUT2D eigenvalue weighted by atomic mass is 10.4.